The van der Waals surface area contributed by atoms with Crippen molar-refractivity contribution in [3.8, 4) is 0 Å². The van der Waals surface area contributed by atoms with Crippen molar-refractivity contribution >= 4 is 6.03 Å². The van der Waals surface area contributed by atoms with E-state index in [0.29, 0.717) is 18.7 Å². The molecule has 2 aromatic rings. The lowest BCUT2D eigenvalue weighted by atomic mass is 9.69. The first-order chi connectivity index (χ1) is 14.9. The molecular formula is C25H33N3O3. The number of rotatable bonds is 6. The molecule has 1 saturated carbocycles. The van der Waals surface area contributed by atoms with E-state index in [1.165, 1.54) is 5.56 Å². The Balaban J connectivity index is 1.47. The van der Waals surface area contributed by atoms with Gasteiger partial charge in [-0.25, -0.2) is 4.79 Å². The van der Waals surface area contributed by atoms with Crippen molar-refractivity contribution < 1.29 is 15.0 Å². The van der Waals surface area contributed by atoms with Crippen LogP contribution in [0.2, 0.25) is 0 Å². The lowest BCUT2D eigenvalue weighted by Crippen LogP contribution is -2.54. The van der Waals surface area contributed by atoms with E-state index in [4.69, 9.17) is 0 Å². The molecule has 31 heavy (non-hydrogen) atoms. The van der Waals surface area contributed by atoms with Crippen molar-refractivity contribution in [2.24, 2.45) is 0 Å². The number of hydrogen-bond donors (Lipinski definition) is 3. The Morgan fingerprint density at radius 1 is 0.968 bits per heavy atom. The summed E-state index contributed by atoms with van der Waals surface area (Å²) >= 11 is 0. The van der Waals surface area contributed by atoms with Crippen LogP contribution in [0.3, 0.4) is 0 Å². The molecule has 0 atom stereocenters. The van der Waals surface area contributed by atoms with Crippen LogP contribution in [0.15, 0.2) is 48.5 Å². The van der Waals surface area contributed by atoms with Crippen LogP contribution in [0.5, 0.6) is 0 Å². The molecule has 0 bridgehead atoms. The molecule has 0 radical (unpaired) electrons. The van der Waals surface area contributed by atoms with E-state index >= 15 is 0 Å². The summed E-state index contributed by atoms with van der Waals surface area (Å²) < 4.78 is 0. The highest BCUT2D eigenvalue weighted by molar-refractivity contribution is 5.78. The maximum Gasteiger partial charge on any atom is 0.318 e. The molecule has 1 spiro atoms. The van der Waals surface area contributed by atoms with Crippen LogP contribution >= 0.6 is 0 Å². The molecule has 2 fully saturated rings. The minimum atomic E-state index is -0.184. The van der Waals surface area contributed by atoms with Gasteiger partial charge in [0, 0.05) is 18.6 Å². The zero-order valence-electron chi connectivity index (χ0n) is 18.5. The highest BCUT2D eigenvalue weighted by atomic mass is 16.3. The fraction of sp³-hybridized carbons (Fsp3) is 0.480. The number of amides is 2. The van der Waals surface area contributed by atoms with Crippen LogP contribution in [-0.4, -0.2) is 52.2 Å². The van der Waals surface area contributed by atoms with Crippen molar-refractivity contribution in [2.75, 3.05) is 20.6 Å². The third kappa shape index (κ3) is 4.07. The first-order valence-corrected chi connectivity index (χ1v) is 11.0. The quantitative estimate of drug-likeness (QED) is 0.668. The van der Waals surface area contributed by atoms with E-state index in [9.17, 15) is 15.0 Å². The average molecular weight is 424 g/mol. The zero-order chi connectivity index (χ0) is 22.1. The second-order valence-electron chi connectivity index (χ2n) is 9.28. The number of carbonyl (C=O) groups is 1. The largest absolute Gasteiger partial charge is 0.392 e. The van der Waals surface area contributed by atoms with Gasteiger partial charge in [-0.3, -0.25) is 4.90 Å². The maximum atomic E-state index is 12.8. The van der Waals surface area contributed by atoms with Gasteiger partial charge in [0.25, 0.3) is 0 Å². The van der Waals surface area contributed by atoms with Crippen molar-refractivity contribution in [2.45, 2.75) is 56.5 Å². The number of hydrogen-bond acceptors (Lipinski definition) is 4. The van der Waals surface area contributed by atoms with Crippen LogP contribution < -0.4 is 5.32 Å². The molecule has 0 aromatic heterocycles. The van der Waals surface area contributed by atoms with E-state index in [2.05, 4.69) is 54.6 Å². The molecule has 2 amide bonds. The summed E-state index contributed by atoms with van der Waals surface area (Å²) in [5, 5.41) is 22.3. The van der Waals surface area contributed by atoms with Gasteiger partial charge in [-0.2, -0.15) is 0 Å². The number of nitrogens with one attached hydrogen (secondary N) is 1. The third-order valence-corrected chi connectivity index (χ3v) is 7.34. The fourth-order valence-electron chi connectivity index (χ4n) is 5.38. The van der Waals surface area contributed by atoms with Crippen molar-refractivity contribution in [3.05, 3.63) is 70.8 Å². The van der Waals surface area contributed by atoms with E-state index in [0.717, 1.165) is 36.8 Å². The molecule has 2 aromatic carbocycles. The molecule has 0 unspecified atom stereocenters. The second kappa shape index (κ2) is 8.61. The van der Waals surface area contributed by atoms with Crippen LogP contribution in [0.4, 0.5) is 4.79 Å². The van der Waals surface area contributed by atoms with Gasteiger partial charge < -0.3 is 20.4 Å². The fourth-order valence-corrected chi connectivity index (χ4v) is 5.38. The Labute approximate surface area is 184 Å². The Kier molecular flexibility index (Phi) is 6.06. The lowest BCUT2D eigenvalue weighted by molar-refractivity contribution is 0.0617. The first kappa shape index (κ1) is 21.8. The van der Waals surface area contributed by atoms with Gasteiger partial charge in [0.05, 0.1) is 18.8 Å². The van der Waals surface area contributed by atoms with Crippen molar-refractivity contribution in [3.63, 3.8) is 0 Å². The molecule has 1 saturated heterocycles. The van der Waals surface area contributed by atoms with E-state index in [-0.39, 0.29) is 30.3 Å². The number of nitrogens with zero attached hydrogens (tertiary/aromatic N) is 2. The summed E-state index contributed by atoms with van der Waals surface area (Å²) in [4.78, 5) is 17.0. The normalized spacial score (nSPS) is 26.0. The highest BCUT2D eigenvalue weighted by Crippen LogP contribution is 2.46. The van der Waals surface area contributed by atoms with Crippen LogP contribution in [0.25, 0.3) is 0 Å². The summed E-state index contributed by atoms with van der Waals surface area (Å²) in [5.74, 6) is 0. The van der Waals surface area contributed by atoms with Gasteiger partial charge in [0.1, 0.15) is 0 Å². The SMILES string of the molecule is CN(C)C1(c2ccccc2)CCC2(CC1)CN(Cc1ccc(CO)c(CO)c1)C(=O)N2. The standard InChI is InChI=1S/C25H33N3O3/c1-27(2)25(22-6-4-3-5-7-22)12-10-24(11-13-25)18-28(23(31)26-24)15-19-8-9-20(16-29)21(14-19)17-30/h3-9,14,29-30H,10-13,15-18H2,1-2H3,(H,26,31). The Morgan fingerprint density at radius 3 is 2.26 bits per heavy atom. The molecule has 1 heterocycles. The summed E-state index contributed by atoms with van der Waals surface area (Å²) in [7, 11) is 4.30. The molecule has 4 rings (SSSR count). The molecule has 2 aliphatic rings. The molecule has 1 aliphatic carbocycles. The van der Waals surface area contributed by atoms with Crippen LogP contribution in [-0.2, 0) is 25.3 Å². The minimum absolute atomic E-state index is 0.000804. The van der Waals surface area contributed by atoms with E-state index in [1.807, 2.05) is 23.1 Å². The van der Waals surface area contributed by atoms with Gasteiger partial charge in [0.15, 0.2) is 0 Å². The predicted molar refractivity (Wildman–Crippen MR) is 120 cm³/mol. The van der Waals surface area contributed by atoms with Crippen molar-refractivity contribution in [1.29, 1.82) is 0 Å². The number of benzene rings is 2. The van der Waals surface area contributed by atoms with Gasteiger partial charge in [0.2, 0.25) is 0 Å². The molecular weight excluding hydrogens is 390 g/mol. The smallest absolute Gasteiger partial charge is 0.318 e. The van der Waals surface area contributed by atoms with Crippen LogP contribution in [0.1, 0.15) is 47.9 Å². The van der Waals surface area contributed by atoms with E-state index in [1.54, 1.807) is 0 Å². The lowest BCUT2D eigenvalue weighted by Gasteiger charge is -2.48. The highest BCUT2D eigenvalue weighted by Gasteiger charge is 2.49. The number of aliphatic hydroxyl groups excluding tert-OH is 2. The molecule has 6 nitrogen and oxygen atoms in total. The molecule has 6 heteroatoms. The summed E-state index contributed by atoms with van der Waals surface area (Å²) in [6.45, 7) is 0.981. The summed E-state index contributed by atoms with van der Waals surface area (Å²) in [6, 6.07) is 16.3. The maximum absolute atomic E-state index is 12.8. The number of carbonyl (C=O) groups excluding carboxylic acids is 1. The second-order valence-corrected chi connectivity index (χ2v) is 9.28. The number of urea groups is 1. The third-order valence-electron chi connectivity index (χ3n) is 7.34. The minimum Gasteiger partial charge on any atom is -0.392 e. The van der Waals surface area contributed by atoms with Gasteiger partial charge >= 0.3 is 6.03 Å². The van der Waals surface area contributed by atoms with Crippen LogP contribution in [0, 0.1) is 0 Å². The first-order valence-electron chi connectivity index (χ1n) is 11.0. The zero-order valence-corrected chi connectivity index (χ0v) is 18.5. The number of aliphatic hydroxyl groups is 2. The van der Waals surface area contributed by atoms with Crippen molar-refractivity contribution in [1.82, 2.24) is 15.1 Å². The monoisotopic (exact) mass is 423 g/mol. The van der Waals surface area contributed by atoms with Gasteiger partial charge in [-0.15, -0.1) is 0 Å². The topological polar surface area (TPSA) is 76.0 Å². The summed E-state index contributed by atoms with van der Waals surface area (Å²) in [6.07, 6.45) is 3.87. The molecule has 1 aliphatic heterocycles. The Bertz CT molecular complexity index is 921. The Hall–Kier alpha value is -2.41. The van der Waals surface area contributed by atoms with E-state index < -0.39 is 0 Å². The molecule has 166 valence electrons. The predicted octanol–water partition coefficient (Wildman–Crippen LogP) is 2.97. The van der Waals surface area contributed by atoms with Gasteiger partial charge in [-0.1, -0.05) is 48.5 Å². The average Bonchev–Trinajstić information content (AvgIpc) is 3.09. The Morgan fingerprint density at radius 2 is 1.65 bits per heavy atom. The van der Waals surface area contributed by atoms with Gasteiger partial charge in [-0.05, 0) is 62.0 Å². The molecule has 3 N–H and O–H groups in total. The summed E-state index contributed by atoms with van der Waals surface area (Å²) in [5.41, 5.74) is 3.57.